The summed E-state index contributed by atoms with van der Waals surface area (Å²) in [6.45, 7) is 12.2. The minimum absolute atomic E-state index is 0.00355. The van der Waals surface area contributed by atoms with Crippen molar-refractivity contribution < 1.29 is 42.9 Å². The number of carbonyl (C=O) groups is 5. The Morgan fingerprint density at radius 3 is 2.24 bits per heavy atom. The van der Waals surface area contributed by atoms with Gasteiger partial charge in [-0.1, -0.05) is 6.07 Å². The summed E-state index contributed by atoms with van der Waals surface area (Å²) in [7, 11) is 0. The third kappa shape index (κ3) is 9.49. The first-order valence-electron chi connectivity index (χ1n) is 16.1. The van der Waals surface area contributed by atoms with Gasteiger partial charge >= 0.3 is 18.2 Å². The number of pyridine rings is 1. The number of benzene rings is 2. The second-order valence-corrected chi connectivity index (χ2v) is 13.8. The summed E-state index contributed by atoms with van der Waals surface area (Å²) in [4.78, 5) is 82.9. The average molecular weight is 704 g/mol. The fourth-order valence-electron chi connectivity index (χ4n) is 5.28. The third-order valence-corrected chi connectivity index (χ3v) is 7.42. The second kappa shape index (κ2) is 15.0. The molecule has 2 aromatic carbocycles. The van der Waals surface area contributed by atoms with Gasteiger partial charge in [0.1, 0.15) is 11.2 Å². The summed E-state index contributed by atoms with van der Waals surface area (Å²) in [6, 6.07) is 12.6. The van der Waals surface area contributed by atoms with Crippen LogP contribution in [0.4, 0.5) is 21.0 Å². The summed E-state index contributed by atoms with van der Waals surface area (Å²) in [5.74, 6) is -2.43. The van der Waals surface area contributed by atoms with Crippen molar-refractivity contribution in [2.24, 2.45) is 0 Å². The maximum Gasteiger partial charge on any atom is 0.420 e. The third-order valence-electron chi connectivity index (χ3n) is 7.42. The highest BCUT2D eigenvalue weighted by molar-refractivity contribution is 6.06. The van der Waals surface area contributed by atoms with Crippen LogP contribution >= 0.6 is 0 Å². The van der Waals surface area contributed by atoms with E-state index in [1.54, 1.807) is 66.7 Å². The molecular formula is C36H41N5O10. The zero-order valence-electron chi connectivity index (χ0n) is 29.7. The number of hydrogen-bond acceptors (Lipinski definition) is 11. The number of nitrogens with zero attached hydrogens (tertiary/aromatic N) is 3. The number of aryl methyl sites for hydroxylation is 1. The molecule has 15 nitrogen and oxygen atoms in total. The highest BCUT2D eigenvalue weighted by Crippen LogP contribution is 2.30. The number of esters is 1. The largest absolute Gasteiger partial charge is 0.449 e. The lowest BCUT2D eigenvalue weighted by molar-refractivity contribution is -0.167. The molecule has 51 heavy (non-hydrogen) atoms. The van der Waals surface area contributed by atoms with E-state index in [0.717, 1.165) is 12.3 Å². The molecule has 1 fully saturated rings. The van der Waals surface area contributed by atoms with E-state index in [4.69, 9.17) is 18.9 Å². The quantitative estimate of drug-likeness (QED) is 0.256. The molecule has 3 aromatic rings. The number of nitriles is 1. The van der Waals surface area contributed by atoms with E-state index < -0.39 is 59.9 Å². The topological polar surface area (TPSA) is 197 Å². The second-order valence-electron chi connectivity index (χ2n) is 13.8. The molecule has 0 radical (unpaired) electrons. The Labute approximate surface area is 294 Å². The van der Waals surface area contributed by atoms with Crippen molar-refractivity contribution in [2.75, 3.05) is 23.4 Å². The Morgan fingerprint density at radius 1 is 1.02 bits per heavy atom. The number of ether oxygens (including phenoxy) is 4. The van der Waals surface area contributed by atoms with Gasteiger partial charge in [0.2, 0.25) is 11.7 Å². The Kier molecular flexibility index (Phi) is 11.2. The number of carbonyl (C=O) groups excluding carboxylic acids is 5. The first-order valence-corrected chi connectivity index (χ1v) is 16.1. The summed E-state index contributed by atoms with van der Waals surface area (Å²) < 4.78 is 21.9. The Bertz CT molecular complexity index is 1940. The lowest BCUT2D eigenvalue weighted by Gasteiger charge is -2.36. The highest BCUT2D eigenvalue weighted by atomic mass is 16.6. The van der Waals surface area contributed by atoms with Gasteiger partial charge in [-0.3, -0.25) is 19.2 Å². The minimum Gasteiger partial charge on any atom is -0.449 e. The summed E-state index contributed by atoms with van der Waals surface area (Å²) in [6.07, 6.45) is -5.32. The predicted molar refractivity (Wildman–Crippen MR) is 185 cm³/mol. The number of H-pyrrole nitrogens is 1. The number of anilines is 2. The van der Waals surface area contributed by atoms with Crippen molar-refractivity contribution in [3.63, 3.8) is 0 Å². The first-order chi connectivity index (χ1) is 23.8. The van der Waals surface area contributed by atoms with Crippen LogP contribution in [-0.2, 0) is 39.9 Å². The van der Waals surface area contributed by atoms with Crippen molar-refractivity contribution in [1.82, 2.24) is 9.88 Å². The van der Waals surface area contributed by atoms with Gasteiger partial charge in [0.05, 0.1) is 30.3 Å². The molecule has 4 rings (SSSR count). The summed E-state index contributed by atoms with van der Waals surface area (Å²) >= 11 is 0. The molecule has 15 heteroatoms. The van der Waals surface area contributed by atoms with Gasteiger partial charge in [-0.15, -0.1) is 0 Å². The van der Waals surface area contributed by atoms with Gasteiger partial charge in [-0.05, 0) is 95.3 Å². The number of fused-ring (bicyclic) bond motifs is 1. The Balaban J connectivity index is 1.63. The molecule has 0 bridgehead atoms. The Morgan fingerprint density at radius 2 is 1.65 bits per heavy atom. The SMILES string of the molecule is CC(=O)O[C@@H](C(=O)Nc1ccc(C#N)c(CN(C(=O)OC(C)(C)C)C(=O)OC(C)(C)C)c1)[C@H]1OCCN(c2ccc3ccc(=O)[nH]c3c2C)C1=O. The van der Waals surface area contributed by atoms with Crippen molar-refractivity contribution in [1.29, 1.82) is 5.26 Å². The number of imide groups is 1. The maximum absolute atomic E-state index is 13.9. The fourth-order valence-corrected chi connectivity index (χ4v) is 5.28. The van der Waals surface area contributed by atoms with Gasteiger partial charge in [0.25, 0.3) is 11.8 Å². The summed E-state index contributed by atoms with van der Waals surface area (Å²) in [5.41, 5.74) is -0.284. The molecule has 0 aliphatic carbocycles. The van der Waals surface area contributed by atoms with Crippen molar-refractivity contribution >= 4 is 52.2 Å². The van der Waals surface area contributed by atoms with E-state index in [0.29, 0.717) is 21.7 Å². The molecule has 4 amide bonds. The number of rotatable bonds is 7. The first kappa shape index (κ1) is 38.1. The fraction of sp³-hybridized carbons (Fsp3) is 0.417. The monoisotopic (exact) mass is 703 g/mol. The standard InChI is InChI=1S/C36H41N5O10/c1-20-26(13-10-22-11-14-27(43)39-28(20)22)40-15-16-48-30(32(40)45)29(49-21(2)42)31(44)38-25-12-9-23(18-37)24(17-25)19-41(33(46)50-35(3,4)5)34(47)51-36(6,7)8/h9-14,17,29-30H,15-16,19H2,1-8H3,(H,38,44)(H,39,43)/t29-,30-/m1/s1. The van der Waals surface area contributed by atoms with Crippen LogP contribution in [0.15, 0.2) is 47.3 Å². The lowest BCUT2D eigenvalue weighted by atomic mass is 10.0. The lowest BCUT2D eigenvalue weighted by Crippen LogP contribution is -2.56. The molecule has 2 heterocycles. The van der Waals surface area contributed by atoms with E-state index in [9.17, 15) is 34.0 Å². The average Bonchev–Trinajstić information content (AvgIpc) is 3.01. The summed E-state index contributed by atoms with van der Waals surface area (Å²) in [5, 5.41) is 13.2. The molecule has 1 aromatic heterocycles. The van der Waals surface area contributed by atoms with Crippen LogP contribution < -0.4 is 15.8 Å². The molecule has 0 saturated carbocycles. The zero-order valence-corrected chi connectivity index (χ0v) is 29.7. The molecule has 0 spiro atoms. The molecule has 2 atom stereocenters. The molecule has 1 aliphatic rings. The van der Waals surface area contributed by atoms with Crippen LogP contribution in [-0.4, -0.2) is 76.4 Å². The highest BCUT2D eigenvalue weighted by Gasteiger charge is 2.43. The molecule has 1 saturated heterocycles. The van der Waals surface area contributed by atoms with E-state index >= 15 is 0 Å². The van der Waals surface area contributed by atoms with Crippen molar-refractivity contribution in [3.05, 3.63) is 69.5 Å². The van der Waals surface area contributed by atoms with E-state index in [1.807, 2.05) is 6.07 Å². The number of aromatic nitrogens is 1. The van der Waals surface area contributed by atoms with Crippen molar-refractivity contribution in [2.45, 2.75) is 85.3 Å². The molecule has 2 N–H and O–H groups in total. The molecular weight excluding hydrogens is 662 g/mol. The number of nitrogens with one attached hydrogen (secondary N) is 2. The number of morpholine rings is 1. The van der Waals surface area contributed by atoms with Crippen LogP contribution in [0.25, 0.3) is 10.9 Å². The van der Waals surface area contributed by atoms with Crippen LogP contribution in [0, 0.1) is 18.3 Å². The van der Waals surface area contributed by atoms with E-state index in [1.165, 1.54) is 29.2 Å². The van der Waals surface area contributed by atoms with Gasteiger partial charge in [0.15, 0.2) is 6.10 Å². The number of amides is 4. The van der Waals surface area contributed by atoms with Crippen LogP contribution in [0.5, 0.6) is 0 Å². The van der Waals surface area contributed by atoms with Gasteiger partial charge < -0.3 is 34.1 Å². The van der Waals surface area contributed by atoms with Crippen LogP contribution in [0.1, 0.15) is 65.2 Å². The van der Waals surface area contributed by atoms with Crippen LogP contribution in [0.2, 0.25) is 0 Å². The van der Waals surface area contributed by atoms with E-state index in [-0.39, 0.29) is 35.5 Å². The normalized spacial score (nSPS) is 15.4. The molecule has 1 aliphatic heterocycles. The molecule has 0 unspecified atom stereocenters. The van der Waals surface area contributed by atoms with Crippen LogP contribution in [0.3, 0.4) is 0 Å². The molecule has 270 valence electrons. The van der Waals surface area contributed by atoms with Gasteiger partial charge in [-0.25, -0.2) is 14.5 Å². The minimum atomic E-state index is -1.74. The van der Waals surface area contributed by atoms with Crippen molar-refractivity contribution in [3.8, 4) is 6.07 Å². The zero-order chi connectivity index (χ0) is 37.8. The van der Waals surface area contributed by atoms with Gasteiger partial charge in [-0.2, -0.15) is 5.26 Å². The maximum atomic E-state index is 13.9. The predicted octanol–water partition coefficient (Wildman–Crippen LogP) is 4.68. The van der Waals surface area contributed by atoms with E-state index in [2.05, 4.69) is 10.3 Å². The number of aromatic amines is 1. The number of hydrogen-bond donors (Lipinski definition) is 2. The Hall–Kier alpha value is -5.75. The smallest absolute Gasteiger partial charge is 0.420 e. The van der Waals surface area contributed by atoms with Gasteiger partial charge in [0, 0.05) is 30.9 Å².